The molecule has 156 valence electrons. The molecule has 1 aliphatic heterocycles. The van der Waals surface area contributed by atoms with Gasteiger partial charge in [0.1, 0.15) is 12.1 Å². The van der Waals surface area contributed by atoms with Crippen molar-refractivity contribution < 1.29 is 14.3 Å². The monoisotopic (exact) mass is 416 g/mol. The number of pyridine rings is 1. The van der Waals surface area contributed by atoms with Crippen LogP contribution in [0.3, 0.4) is 0 Å². The molecule has 2 aromatic rings. The molecule has 29 heavy (non-hydrogen) atoms. The van der Waals surface area contributed by atoms with Gasteiger partial charge in [-0.05, 0) is 56.0 Å². The lowest BCUT2D eigenvalue weighted by molar-refractivity contribution is -0.151. The molecule has 0 radical (unpaired) electrons. The first kappa shape index (κ1) is 21.8. The maximum atomic E-state index is 12.2. The molecule has 1 aliphatic rings. The minimum Gasteiger partial charge on any atom is -0.465 e. The Hall–Kier alpha value is -1.95. The van der Waals surface area contributed by atoms with E-state index in [4.69, 9.17) is 21.1 Å². The number of esters is 1. The Morgan fingerprint density at radius 3 is 2.48 bits per heavy atom. The van der Waals surface area contributed by atoms with E-state index in [9.17, 15) is 4.79 Å². The first-order valence-electron chi connectivity index (χ1n) is 10.3. The van der Waals surface area contributed by atoms with Gasteiger partial charge in [-0.3, -0.25) is 14.7 Å². The van der Waals surface area contributed by atoms with Crippen molar-refractivity contribution in [1.82, 2.24) is 9.88 Å². The fourth-order valence-corrected chi connectivity index (χ4v) is 3.94. The van der Waals surface area contributed by atoms with Gasteiger partial charge < -0.3 is 9.47 Å². The second-order valence-corrected chi connectivity index (χ2v) is 7.67. The van der Waals surface area contributed by atoms with E-state index in [-0.39, 0.29) is 24.2 Å². The molecule has 1 aromatic carbocycles. The van der Waals surface area contributed by atoms with Crippen molar-refractivity contribution in [2.24, 2.45) is 0 Å². The molecule has 0 spiro atoms. The van der Waals surface area contributed by atoms with E-state index in [1.807, 2.05) is 56.3 Å². The number of nitrogens with zero attached hydrogens (tertiary/aromatic N) is 2. The zero-order valence-electron chi connectivity index (χ0n) is 17.1. The normalized spacial score (nSPS) is 17.6. The van der Waals surface area contributed by atoms with E-state index in [1.54, 1.807) is 6.20 Å². The number of ether oxygens (including phenoxy) is 2. The van der Waals surface area contributed by atoms with Gasteiger partial charge in [0.15, 0.2) is 0 Å². The maximum Gasteiger partial charge on any atom is 0.323 e. The van der Waals surface area contributed by atoms with Crippen LogP contribution in [-0.4, -0.2) is 47.7 Å². The van der Waals surface area contributed by atoms with Crippen molar-refractivity contribution in [3.8, 4) is 0 Å². The second-order valence-electron chi connectivity index (χ2n) is 7.23. The Kier molecular flexibility index (Phi) is 8.04. The second kappa shape index (κ2) is 10.7. The third-order valence-corrected chi connectivity index (χ3v) is 5.57. The minimum atomic E-state index is -0.239. The third kappa shape index (κ3) is 5.78. The summed E-state index contributed by atoms with van der Waals surface area (Å²) in [6, 6.07) is 13.4. The van der Waals surface area contributed by atoms with E-state index in [1.165, 1.54) is 0 Å². The zero-order valence-corrected chi connectivity index (χ0v) is 17.8. The van der Waals surface area contributed by atoms with E-state index in [0.29, 0.717) is 11.6 Å². The molecule has 0 amide bonds. The number of piperidine rings is 1. The number of benzene rings is 1. The van der Waals surface area contributed by atoms with Crippen molar-refractivity contribution in [2.75, 3.05) is 19.7 Å². The Bertz CT molecular complexity index is 761. The molecule has 0 bridgehead atoms. The summed E-state index contributed by atoms with van der Waals surface area (Å²) in [5.74, 6) is -0.123. The Balaban J connectivity index is 1.67. The lowest BCUT2D eigenvalue weighted by atomic mass is 10.0. The summed E-state index contributed by atoms with van der Waals surface area (Å²) in [6.07, 6.45) is 4.14. The summed E-state index contributed by atoms with van der Waals surface area (Å²) in [5, 5.41) is 0.700. The minimum absolute atomic E-state index is 0.105. The average molecular weight is 417 g/mol. The van der Waals surface area contributed by atoms with Gasteiger partial charge in [0, 0.05) is 24.3 Å². The zero-order chi connectivity index (χ0) is 20.6. The summed E-state index contributed by atoms with van der Waals surface area (Å²) < 4.78 is 11.8. The molecule has 2 heterocycles. The van der Waals surface area contributed by atoms with E-state index >= 15 is 0 Å². The van der Waals surface area contributed by atoms with Crippen molar-refractivity contribution in [3.05, 3.63) is 64.9 Å². The number of hydrogen-bond acceptors (Lipinski definition) is 5. The van der Waals surface area contributed by atoms with Crippen molar-refractivity contribution in [2.45, 2.75) is 51.4 Å². The van der Waals surface area contributed by atoms with Crippen LogP contribution in [0.15, 0.2) is 48.7 Å². The fraction of sp³-hybridized carbons (Fsp3) is 0.478. The fourth-order valence-electron chi connectivity index (χ4n) is 3.82. The molecular formula is C23H29ClN2O3. The van der Waals surface area contributed by atoms with Crippen molar-refractivity contribution in [3.63, 3.8) is 0 Å². The molecule has 1 aromatic heterocycles. The SMILES string of the molecule is CCOC(=O)[C@H](CC)N1CCC(OC(c2ccc(Cl)cc2)c2ccccn2)CC1. The van der Waals surface area contributed by atoms with Gasteiger partial charge in [-0.15, -0.1) is 0 Å². The van der Waals surface area contributed by atoms with Gasteiger partial charge in [-0.25, -0.2) is 0 Å². The molecule has 6 heteroatoms. The third-order valence-electron chi connectivity index (χ3n) is 5.32. The van der Waals surface area contributed by atoms with Gasteiger partial charge in [-0.2, -0.15) is 0 Å². The molecule has 2 atom stereocenters. The number of hydrogen-bond donors (Lipinski definition) is 0. The van der Waals surface area contributed by atoms with Gasteiger partial charge in [0.2, 0.25) is 0 Å². The Morgan fingerprint density at radius 2 is 1.90 bits per heavy atom. The first-order valence-corrected chi connectivity index (χ1v) is 10.7. The van der Waals surface area contributed by atoms with Crippen LogP contribution in [0.5, 0.6) is 0 Å². The molecule has 1 fully saturated rings. The highest BCUT2D eigenvalue weighted by Gasteiger charge is 2.31. The van der Waals surface area contributed by atoms with Crippen LogP contribution < -0.4 is 0 Å². The van der Waals surface area contributed by atoms with E-state index in [2.05, 4.69) is 9.88 Å². The summed E-state index contributed by atoms with van der Waals surface area (Å²) >= 11 is 6.06. The number of carbonyl (C=O) groups is 1. The molecule has 0 saturated carbocycles. The molecule has 5 nitrogen and oxygen atoms in total. The largest absolute Gasteiger partial charge is 0.465 e. The predicted octanol–water partition coefficient (Wildman–Crippen LogP) is 4.65. The Morgan fingerprint density at radius 1 is 1.17 bits per heavy atom. The van der Waals surface area contributed by atoms with Gasteiger partial charge in [-0.1, -0.05) is 36.7 Å². The molecule has 1 saturated heterocycles. The first-order chi connectivity index (χ1) is 14.1. The number of halogens is 1. The number of likely N-dealkylation sites (tertiary alicyclic amines) is 1. The van der Waals surface area contributed by atoms with Crippen LogP contribution in [0.4, 0.5) is 0 Å². The maximum absolute atomic E-state index is 12.2. The lowest BCUT2D eigenvalue weighted by Gasteiger charge is -2.37. The van der Waals surface area contributed by atoms with Crippen LogP contribution in [0.25, 0.3) is 0 Å². The molecule has 1 unspecified atom stereocenters. The topological polar surface area (TPSA) is 51.7 Å². The molecular weight excluding hydrogens is 388 g/mol. The lowest BCUT2D eigenvalue weighted by Crippen LogP contribution is -2.47. The standard InChI is InChI=1S/C23H29ClN2O3/c1-3-21(23(27)28-4-2)26-15-12-19(13-16-26)29-22(20-7-5-6-14-25-20)17-8-10-18(24)11-9-17/h5-11,14,19,21-22H,3-4,12-13,15-16H2,1-2H3/t21-,22?/m0/s1. The van der Waals surface area contributed by atoms with Gasteiger partial charge in [0.25, 0.3) is 0 Å². The van der Waals surface area contributed by atoms with Gasteiger partial charge in [0.05, 0.1) is 18.4 Å². The van der Waals surface area contributed by atoms with Crippen LogP contribution in [-0.2, 0) is 14.3 Å². The highest BCUT2D eigenvalue weighted by atomic mass is 35.5. The average Bonchev–Trinajstić information content (AvgIpc) is 2.75. The molecule has 3 rings (SSSR count). The van der Waals surface area contributed by atoms with Gasteiger partial charge >= 0.3 is 5.97 Å². The Labute approximate surface area is 178 Å². The number of aromatic nitrogens is 1. The summed E-state index contributed by atoms with van der Waals surface area (Å²) in [7, 11) is 0. The van der Waals surface area contributed by atoms with Crippen molar-refractivity contribution in [1.29, 1.82) is 0 Å². The van der Waals surface area contributed by atoms with Crippen molar-refractivity contribution >= 4 is 17.6 Å². The van der Waals surface area contributed by atoms with E-state index < -0.39 is 0 Å². The number of rotatable bonds is 8. The number of carbonyl (C=O) groups excluding carboxylic acids is 1. The quantitative estimate of drug-likeness (QED) is 0.586. The summed E-state index contributed by atoms with van der Waals surface area (Å²) in [6.45, 7) is 5.93. The van der Waals surface area contributed by atoms with E-state index in [0.717, 1.165) is 43.6 Å². The summed E-state index contributed by atoms with van der Waals surface area (Å²) in [5.41, 5.74) is 1.92. The highest BCUT2D eigenvalue weighted by Crippen LogP contribution is 2.30. The highest BCUT2D eigenvalue weighted by molar-refractivity contribution is 6.30. The smallest absolute Gasteiger partial charge is 0.323 e. The molecule has 0 N–H and O–H groups in total. The van der Waals surface area contributed by atoms with Crippen LogP contribution in [0, 0.1) is 0 Å². The van der Waals surface area contributed by atoms with Crippen LogP contribution in [0.1, 0.15) is 50.5 Å². The predicted molar refractivity (Wildman–Crippen MR) is 114 cm³/mol. The van der Waals surface area contributed by atoms with Crippen LogP contribution >= 0.6 is 11.6 Å². The van der Waals surface area contributed by atoms with Crippen LogP contribution in [0.2, 0.25) is 5.02 Å². The summed E-state index contributed by atoms with van der Waals surface area (Å²) in [4.78, 5) is 18.9. The molecule has 0 aliphatic carbocycles.